The summed E-state index contributed by atoms with van der Waals surface area (Å²) in [6.07, 6.45) is 1.80. The van der Waals surface area contributed by atoms with E-state index in [9.17, 15) is 4.79 Å². The third-order valence-electron chi connectivity index (χ3n) is 4.18. The van der Waals surface area contributed by atoms with E-state index in [0.717, 1.165) is 25.8 Å². The van der Waals surface area contributed by atoms with Gasteiger partial charge in [-0.05, 0) is 70.4 Å². The Labute approximate surface area is 175 Å². The van der Waals surface area contributed by atoms with Crippen molar-refractivity contribution in [1.29, 1.82) is 0 Å². The van der Waals surface area contributed by atoms with Gasteiger partial charge in [0.1, 0.15) is 5.75 Å². The average molecular weight is 496 g/mol. The molecule has 5 nitrogen and oxygen atoms in total. The molecule has 142 valence electrons. The monoisotopic (exact) mass is 494 g/mol. The second kappa shape index (κ2) is 9.48. The topological polar surface area (TPSA) is 51.1 Å². The largest absolute Gasteiger partial charge is 0.483 e. The molecular weight excluding hydrogens is 476 g/mol. The Morgan fingerprint density at radius 2 is 1.96 bits per heavy atom. The lowest BCUT2D eigenvalue weighted by atomic mass is 10.2. The molecule has 7 heteroatoms. The molecule has 1 amide bonds. The molecule has 0 aliphatic carbocycles. The maximum atomic E-state index is 12.2. The number of nitrogens with zero attached hydrogens (tertiary/aromatic N) is 2. The van der Waals surface area contributed by atoms with E-state index in [1.54, 1.807) is 11.1 Å². The molecule has 0 unspecified atom stereocenters. The van der Waals surface area contributed by atoms with Gasteiger partial charge in [0.2, 0.25) is 0 Å². The van der Waals surface area contributed by atoms with Gasteiger partial charge in [-0.2, -0.15) is 0 Å². The van der Waals surface area contributed by atoms with Gasteiger partial charge in [0.05, 0.1) is 23.4 Å². The number of amides is 1. The number of carbonyl (C=O) groups is 1. The molecule has 3 rings (SSSR count). The number of morpholine rings is 1. The van der Waals surface area contributed by atoms with Crippen molar-refractivity contribution in [1.82, 2.24) is 4.90 Å². The first-order chi connectivity index (χ1) is 13.0. The van der Waals surface area contributed by atoms with Crippen LogP contribution in [0.1, 0.15) is 11.1 Å². The molecule has 0 N–H and O–H groups in total. The Morgan fingerprint density at radius 3 is 2.67 bits per heavy atom. The zero-order valence-electron chi connectivity index (χ0n) is 15.0. The van der Waals surface area contributed by atoms with Gasteiger partial charge in [-0.1, -0.05) is 15.9 Å². The highest BCUT2D eigenvalue weighted by molar-refractivity contribution is 9.10. The van der Waals surface area contributed by atoms with Crippen LogP contribution in [-0.4, -0.2) is 49.9 Å². The summed E-state index contributed by atoms with van der Waals surface area (Å²) in [7, 11) is 0. The molecule has 1 aliphatic heterocycles. The van der Waals surface area contributed by atoms with E-state index in [2.05, 4.69) is 36.9 Å². The summed E-state index contributed by atoms with van der Waals surface area (Å²) >= 11 is 6.99. The van der Waals surface area contributed by atoms with Crippen molar-refractivity contribution >= 4 is 49.7 Å². The molecule has 2 aromatic carbocycles. The van der Waals surface area contributed by atoms with Gasteiger partial charge in [-0.25, -0.2) is 0 Å². The van der Waals surface area contributed by atoms with Crippen LogP contribution in [0.3, 0.4) is 0 Å². The van der Waals surface area contributed by atoms with E-state index in [4.69, 9.17) is 9.47 Å². The third kappa shape index (κ3) is 5.64. The van der Waals surface area contributed by atoms with Gasteiger partial charge in [-0.15, -0.1) is 0 Å². The summed E-state index contributed by atoms with van der Waals surface area (Å²) in [5.41, 5.74) is 2.97. The standard InChI is InChI=1S/C20H20Br2N2O3/c1-14-10-16(3-4-17(14)21)23-12-15-2-5-19(18(22)11-15)27-13-20(25)24-6-8-26-9-7-24/h2-5,10-12H,6-9,13H2,1H3. The summed E-state index contributed by atoms with van der Waals surface area (Å²) in [6, 6.07) is 11.6. The molecule has 1 fully saturated rings. The van der Waals surface area contributed by atoms with Crippen LogP contribution in [0, 0.1) is 6.92 Å². The summed E-state index contributed by atoms with van der Waals surface area (Å²) in [5.74, 6) is 0.606. The molecule has 0 aromatic heterocycles. The van der Waals surface area contributed by atoms with Gasteiger partial charge in [-0.3, -0.25) is 9.79 Å². The number of aryl methyl sites for hydroxylation is 1. The number of benzene rings is 2. The van der Waals surface area contributed by atoms with Gasteiger partial charge in [0.15, 0.2) is 6.61 Å². The summed E-state index contributed by atoms with van der Waals surface area (Å²) in [5, 5.41) is 0. The maximum absolute atomic E-state index is 12.2. The zero-order chi connectivity index (χ0) is 19.2. The van der Waals surface area contributed by atoms with E-state index in [1.807, 2.05) is 43.3 Å². The predicted octanol–water partition coefficient (Wildman–Crippen LogP) is 4.51. The summed E-state index contributed by atoms with van der Waals surface area (Å²) < 4.78 is 12.8. The van der Waals surface area contributed by atoms with Gasteiger partial charge in [0, 0.05) is 23.8 Å². The molecule has 0 bridgehead atoms. The molecule has 1 heterocycles. The number of halogens is 2. The van der Waals surface area contributed by atoms with Crippen molar-refractivity contribution in [2.75, 3.05) is 32.9 Å². The van der Waals surface area contributed by atoms with Crippen molar-refractivity contribution in [3.8, 4) is 5.75 Å². The van der Waals surface area contributed by atoms with Crippen molar-refractivity contribution < 1.29 is 14.3 Å². The average Bonchev–Trinajstić information content (AvgIpc) is 2.68. The lowest BCUT2D eigenvalue weighted by Gasteiger charge is -2.26. The van der Waals surface area contributed by atoms with Crippen LogP contribution in [0.15, 0.2) is 50.3 Å². The molecule has 0 atom stereocenters. The number of rotatable bonds is 5. The fourth-order valence-corrected chi connectivity index (χ4v) is 3.37. The van der Waals surface area contributed by atoms with E-state index in [-0.39, 0.29) is 12.5 Å². The van der Waals surface area contributed by atoms with Gasteiger partial charge in [0.25, 0.3) is 5.91 Å². The maximum Gasteiger partial charge on any atom is 0.260 e. The quantitative estimate of drug-likeness (QED) is 0.573. The SMILES string of the molecule is Cc1cc(N=Cc2ccc(OCC(=O)N3CCOCC3)c(Br)c2)ccc1Br. The fraction of sp³-hybridized carbons (Fsp3) is 0.300. The van der Waals surface area contributed by atoms with Crippen molar-refractivity contribution in [3.05, 3.63) is 56.5 Å². The first kappa shape index (κ1) is 20.0. The highest BCUT2D eigenvalue weighted by atomic mass is 79.9. The van der Waals surface area contributed by atoms with Crippen molar-refractivity contribution in [3.63, 3.8) is 0 Å². The van der Waals surface area contributed by atoms with Crippen molar-refractivity contribution in [2.24, 2.45) is 4.99 Å². The van der Waals surface area contributed by atoms with Gasteiger partial charge < -0.3 is 14.4 Å². The van der Waals surface area contributed by atoms with Crippen LogP contribution in [0.4, 0.5) is 5.69 Å². The molecule has 0 radical (unpaired) electrons. The molecule has 1 saturated heterocycles. The van der Waals surface area contributed by atoms with Crippen molar-refractivity contribution in [2.45, 2.75) is 6.92 Å². The minimum atomic E-state index is -0.0264. The fourth-order valence-electron chi connectivity index (χ4n) is 2.62. The van der Waals surface area contributed by atoms with Gasteiger partial charge >= 0.3 is 0 Å². The van der Waals surface area contributed by atoms with Crippen LogP contribution < -0.4 is 4.74 Å². The number of hydrogen-bond donors (Lipinski definition) is 0. The first-order valence-corrected chi connectivity index (χ1v) is 10.2. The lowest BCUT2D eigenvalue weighted by Crippen LogP contribution is -2.43. The van der Waals surface area contributed by atoms with E-state index in [0.29, 0.717) is 32.1 Å². The van der Waals surface area contributed by atoms with E-state index >= 15 is 0 Å². The smallest absolute Gasteiger partial charge is 0.260 e. The van der Waals surface area contributed by atoms with Crippen LogP contribution >= 0.6 is 31.9 Å². The lowest BCUT2D eigenvalue weighted by molar-refractivity contribution is -0.137. The van der Waals surface area contributed by atoms with Crippen LogP contribution in [-0.2, 0) is 9.53 Å². The second-order valence-corrected chi connectivity index (χ2v) is 7.87. The van der Waals surface area contributed by atoms with Crippen LogP contribution in [0.5, 0.6) is 5.75 Å². The second-order valence-electron chi connectivity index (χ2n) is 6.16. The molecule has 1 aliphatic rings. The number of carbonyl (C=O) groups excluding carboxylic acids is 1. The number of hydrogen-bond acceptors (Lipinski definition) is 4. The highest BCUT2D eigenvalue weighted by Gasteiger charge is 2.17. The summed E-state index contributed by atoms with van der Waals surface area (Å²) in [4.78, 5) is 18.4. The van der Waals surface area contributed by atoms with E-state index < -0.39 is 0 Å². The van der Waals surface area contributed by atoms with E-state index in [1.165, 1.54) is 0 Å². The highest BCUT2D eigenvalue weighted by Crippen LogP contribution is 2.26. The molecular formula is C20H20Br2N2O3. The third-order valence-corrected chi connectivity index (χ3v) is 5.68. The molecule has 0 spiro atoms. The summed E-state index contributed by atoms with van der Waals surface area (Å²) in [6.45, 7) is 4.46. The van der Waals surface area contributed by atoms with Crippen LogP contribution in [0.25, 0.3) is 0 Å². The first-order valence-electron chi connectivity index (χ1n) is 8.61. The predicted molar refractivity (Wildman–Crippen MR) is 113 cm³/mol. The zero-order valence-corrected chi connectivity index (χ0v) is 18.1. The normalized spacial score (nSPS) is 14.6. The Bertz CT molecular complexity index is 849. The minimum absolute atomic E-state index is 0.0181. The number of aliphatic imine (C=N–C) groups is 1. The Balaban J connectivity index is 1.60. The Morgan fingerprint density at radius 1 is 1.19 bits per heavy atom. The Kier molecular flexibility index (Phi) is 7.04. The minimum Gasteiger partial charge on any atom is -0.483 e. The molecule has 2 aromatic rings. The Hall–Kier alpha value is -1.70. The van der Waals surface area contributed by atoms with Crippen LogP contribution in [0.2, 0.25) is 0 Å². The molecule has 27 heavy (non-hydrogen) atoms. The number of ether oxygens (including phenoxy) is 2. The molecule has 0 saturated carbocycles.